The molecule has 9 heteroatoms. The highest BCUT2D eigenvalue weighted by molar-refractivity contribution is 6.33. The molecule has 2 aromatic carbocycles. The van der Waals surface area contributed by atoms with Gasteiger partial charge in [-0.15, -0.1) is 0 Å². The molecule has 2 heterocycles. The first-order valence-corrected chi connectivity index (χ1v) is 9.33. The largest absolute Gasteiger partial charge is 0.302 e. The van der Waals surface area contributed by atoms with Crippen LogP contribution >= 0.6 is 23.2 Å². The summed E-state index contributed by atoms with van der Waals surface area (Å²) in [7, 11) is 0. The van der Waals surface area contributed by atoms with Gasteiger partial charge in [-0.25, -0.2) is 4.39 Å². The lowest BCUT2D eigenvalue weighted by molar-refractivity contribution is 0.102. The van der Waals surface area contributed by atoms with Crippen LogP contribution in [-0.2, 0) is 6.54 Å². The number of aromatic nitrogens is 4. The van der Waals surface area contributed by atoms with Crippen LogP contribution in [0.4, 0.5) is 10.2 Å². The minimum Gasteiger partial charge on any atom is -0.302 e. The van der Waals surface area contributed by atoms with Gasteiger partial charge in [0.15, 0.2) is 5.82 Å². The molecule has 0 saturated heterocycles. The van der Waals surface area contributed by atoms with E-state index in [2.05, 4.69) is 20.6 Å². The van der Waals surface area contributed by atoms with Crippen LogP contribution in [0.25, 0.3) is 11.3 Å². The molecule has 146 valence electrons. The lowest BCUT2D eigenvalue weighted by Crippen LogP contribution is -2.13. The molecule has 0 aliphatic rings. The maximum absolute atomic E-state index is 13.1. The molecular formula is C20H14Cl2FN5O. The van der Waals surface area contributed by atoms with Gasteiger partial charge in [-0.1, -0.05) is 35.3 Å². The molecule has 2 N–H and O–H groups in total. The number of benzene rings is 2. The van der Waals surface area contributed by atoms with Crippen molar-refractivity contribution in [3.8, 4) is 11.3 Å². The molecule has 4 rings (SSSR count). The van der Waals surface area contributed by atoms with Crippen molar-refractivity contribution in [3.63, 3.8) is 0 Å². The summed E-state index contributed by atoms with van der Waals surface area (Å²) in [5, 5.41) is 14.7. The van der Waals surface area contributed by atoms with E-state index in [4.69, 9.17) is 23.2 Å². The van der Waals surface area contributed by atoms with E-state index in [9.17, 15) is 9.18 Å². The quantitative estimate of drug-likeness (QED) is 0.467. The standard InChI is InChI=1S/C20H14Cl2FN5O/c21-14-5-1-12(2-6-14)10-28-11-16(22)19(27-28)24-20(29)18-9-17(25-26-18)13-3-7-15(23)8-4-13/h1-9,11H,10H2,(H,25,26)(H,24,27,29). The topological polar surface area (TPSA) is 75.6 Å². The van der Waals surface area contributed by atoms with Crippen molar-refractivity contribution in [2.24, 2.45) is 0 Å². The van der Waals surface area contributed by atoms with Crippen molar-refractivity contribution in [1.82, 2.24) is 20.0 Å². The average Bonchev–Trinajstić information content (AvgIpc) is 3.32. The Labute approximate surface area is 175 Å². The van der Waals surface area contributed by atoms with E-state index in [-0.39, 0.29) is 17.3 Å². The number of anilines is 1. The van der Waals surface area contributed by atoms with Crippen LogP contribution in [0.15, 0.2) is 60.8 Å². The van der Waals surface area contributed by atoms with Gasteiger partial charge < -0.3 is 5.32 Å². The van der Waals surface area contributed by atoms with Crippen LogP contribution in [0.3, 0.4) is 0 Å². The van der Waals surface area contributed by atoms with Crippen LogP contribution in [0, 0.1) is 5.82 Å². The predicted molar refractivity (Wildman–Crippen MR) is 110 cm³/mol. The Morgan fingerprint density at radius 3 is 2.55 bits per heavy atom. The molecule has 0 bridgehead atoms. The second-order valence-electron chi connectivity index (χ2n) is 6.28. The molecule has 0 spiro atoms. The highest BCUT2D eigenvalue weighted by Gasteiger charge is 2.15. The Bertz CT molecular complexity index is 1150. The third-order valence-electron chi connectivity index (χ3n) is 4.17. The highest BCUT2D eigenvalue weighted by Crippen LogP contribution is 2.22. The number of H-pyrrole nitrogens is 1. The first-order chi connectivity index (χ1) is 14.0. The Morgan fingerprint density at radius 1 is 1.10 bits per heavy atom. The fourth-order valence-electron chi connectivity index (χ4n) is 2.72. The van der Waals surface area contributed by atoms with Crippen LogP contribution in [0.2, 0.25) is 10.0 Å². The van der Waals surface area contributed by atoms with E-state index in [0.29, 0.717) is 27.8 Å². The first-order valence-electron chi connectivity index (χ1n) is 8.58. The molecule has 0 atom stereocenters. The summed E-state index contributed by atoms with van der Waals surface area (Å²) in [6, 6.07) is 14.8. The number of nitrogens with one attached hydrogen (secondary N) is 2. The number of carbonyl (C=O) groups is 1. The van der Waals surface area contributed by atoms with Crippen molar-refractivity contribution in [2.45, 2.75) is 6.54 Å². The Morgan fingerprint density at radius 2 is 1.83 bits per heavy atom. The molecule has 0 aliphatic carbocycles. The summed E-state index contributed by atoms with van der Waals surface area (Å²) in [6.07, 6.45) is 1.63. The number of aromatic amines is 1. The molecule has 0 radical (unpaired) electrons. The molecule has 2 aromatic heterocycles. The van der Waals surface area contributed by atoms with Crippen molar-refractivity contribution in [3.05, 3.63) is 87.9 Å². The van der Waals surface area contributed by atoms with Crippen LogP contribution in [0.1, 0.15) is 16.1 Å². The molecule has 0 fully saturated rings. The van der Waals surface area contributed by atoms with Gasteiger partial charge in [0.25, 0.3) is 5.91 Å². The summed E-state index contributed by atoms with van der Waals surface area (Å²) in [5.74, 6) is -0.542. The van der Waals surface area contributed by atoms with E-state index in [0.717, 1.165) is 5.56 Å². The van der Waals surface area contributed by atoms with Crippen LogP contribution in [0.5, 0.6) is 0 Å². The molecule has 6 nitrogen and oxygen atoms in total. The van der Waals surface area contributed by atoms with Gasteiger partial charge in [0.1, 0.15) is 16.5 Å². The summed E-state index contributed by atoms with van der Waals surface area (Å²) in [5.41, 5.74) is 2.43. The van der Waals surface area contributed by atoms with E-state index < -0.39 is 5.91 Å². The third kappa shape index (κ3) is 4.47. The Balaban J connectivity index is 1.46. The molecule has 0 unspecified atom stereocenters. The number of hydrogen-bond acceptors (Lipinski definition) is 3. The maximum Gasteiger partial charge on any atom is 0.274 e. The van der Waals surface area contributed by atoms with Gasteiger partial charge in [-0.2, -0.15) is 10.2 Å². The fraction of sp³-hybridized carbons (Fsp3) is 0.0500. The van der Waals surface area contributed by atoms with Gasteiger partial charge in [0, 0.05) is 16.8 Å². The summed E-state index contributed by atoms with van der Waals surface area (Å²) in [6.45, 7) is 0.478. The fourth-order valence-corrected chi connectivity index (χ4v) is 3.04. The average molecular weight is 430 g/mol. The zero-order chi connectivity index (χ0) is 20.4. The zero-order valence-corrected chi connectivity index (χ0v) is 16.4. The summed E-state index contributed by atoms with van der Waals surface area (Å²) in [4.78, 5) is 12.5. The normalized spacial score (nSPS) is 10.9. The predicted octanol–water partition coefficient (Wildman–Crippen LogP) is 5.02. The van der Waals surface area contributed by atoms with E-state index in [1.165, 1.54) is 12.1 Å². The molecule has 29 heavy (non-hydrogen) atoms. The number of amides is 1. The minimum absolute atomic E-state index is 0.229. The Kier molecular flexibility index (Phi) is 5.33. The van der Waals surface area contributed by atoms with E-state index in [1.807, 2.05) is 12.1 Å². The van der Waals surface area contributed by atoms with Crippen LogP contribution < -0.4 is 5.32 Å². The first kappa shape index (κ1) is 19.2. The SMILES string of the molecule is O=C(Nc1nn(Cc2ccc(Cl)cc2)cc1Cl)c1cc(-c2ccc(F)cc2)n[nH]1. The van der Waals surface area contributed by atoms with Gasteiger partial charge in [0.2, 0.25) is 0 Å². The number of halogens is 3. The number of hydrogen-bond donors (Lipinski definition) is 2. The highest BCUT2D eigenvalue weighted by atomic mass is 35.5. The van der Waals surface area contributed by atoms with E-state index >= 15 is 0 Å². The second kappa shape index (κ2) is 8.06. The van der Waals surface area contributed by atoms with Crippen LogP contribution in [-0.4, -0.2) is 25.9 Å². The lowest BCUT2D eigenvalue weighted by Gasteiger charge is -2.02. The second-order valence-corrected chi connectivity index (χ2v) is 7.12. The Hall–Kier alpha value is -3.16. The number of nitrogens with zero attached hydrogens (tertiary/aromatic N) is 3. The zero-order valence-electron chi connectivity index (χ0n) is 14.9. The molecule has 1 amide bonds. The molecular weight excluding hydrogens is 416 g/mol. The third-order valence-corrected chi connectivity index (χ3v) is 4.70. The minimum atomic E-state index is -0.440. The number of carbonyl (C=O) groups excluding carboxylic acids is 1. The maximum atomic E-state index is 13.1. The van der Waals surface area contributed by atoms with E-state index in [1.54, 1.807) is 41.2 Å². The molecule has 0 saturated carbocycles. The smallest absolute Gasteiger partial charge is 0.274 e. The van der Waals surface area contributed by atoms with Gasteiger partial charge in [0.05, 0.1) is 12.2 Å². The van der Waals surface area contributed by atoms with Crippen molar-refractivity contribution >= 4 is 34.9 Å². The van der Waals surface area contributed by atoms with Gasteiger partial charge in [-0.3, -0.25) is 14.6 Å². The van der Waals surface area contributed by atoms with Gasteiger partial charge >= 0.3 is 0 Å². The van der Waals surface area contributed by atoms with Crippen molar-refractivity contribution in [2.75, 3.05) is 5.32 Å². The lowest BCUT2D eigenvalue weighted by atomic mass is 10.1. The molecule has 4 aromatic rings. The summed E-state index contributed by atoms with van der Waals surface area (Å²) >= 11 is 12.1. The molecule has 0 aliphatic heterocycles. The van der Waals surface area contributed by atoms with Crippen molar-refractivity contribution in [1.29, 1.82) is 0 Å². The monoisotopic (exact) mass is 429 g/mol. The van der Waals surface area contributed by atoms with Crippen molar-refractivity contribution < 1.29 is 9.18 Å². The number of rotatable bonds is 5. The van der Waals surface area contributed by atoms with Gasteiger partial charge in [-0.05, 0) is 48.0 Å². The summed E-state index contributed by atoms with van der Waals surface area (Å²) < 4.78 is 14.7.